The van der Waals surface area contributed by atoms with Gasteiger partial charge in [-0.15, -0.1) is 7.05 Å². The molecule has 1 aliphatic rings. The number of alkyl halides is 1. The van der Waals surface area contributed by atoms with Crippen LogP contribution in [-0.4, -0.2) is 46.7 Å². The van der Waals surface area contributed by atoms with E-state index in [1.165, 1.54) is 19.3 Å². The summed E-state index contributed by atoms with van der Waals surface area (Å²) in [6, 6.07) is 0. The molecule has 1 saturated carbocycles. The molecule has 1 unspecified atom stereocenters. The van der Waals surface area contributed by atoms with Crippen molar-refractivity contribution in [3.05, 3.63) is 23.5 Å². The Morgan fingerprint density at radius 3 is 1.78 bits per heavy atom. The van der Waals surface area contributed by atoms with Crippen LogP contribution in [0.4, 0.5) is 0 Å². The summed E-state index contributed by atoms with van der Waals surface area (Å²) in [5.74, 6) is 0.684. The third-order valence-corrected chi connectivity index (χ3v) is 3.19. The maximum atomic E-state index is 4.98. The van der Waals surface area contributed by atoms with E-state index in [0.29, 0.717) is 10.7 Å². The molecule has 1 rings (SSSR count). The summed E-state index contributed by atoms with van der Waals surface area (Å²) in [6.45, 7) is 0.784. The third kappa shape index (κ3) is 19.5. The molecular weight excluding hydrogens is 461 g/mol. The Hall–Kier alpha value is 1.19. The van der Waals surface area contributed by atoms with Crippen molar-refractivity contribution in [3.8, 4) is 0 Å². The fourth-order valence-corrected chi connectivity index (χ4v) is 2.09. The monoisotopic (exact) mass is 489 g/mol. The molecule has 0 aromatic heterocycles. The van der Waals surface area contributed by atoms with E-state index in [9.17, 15) is 0 Å². The van der Waals surface area contributed by atoms with Gasteiger partial charge in [-0.1, -0.05) is 22.4 Å². The van der Waals surface area contributed by atoms with Crippen molar-refractivity contribution in [3.63, 3.8) is 0 Å². The van der Waals surface area contributed by atoms with Crippen LogP contribution >= 0.6 is 15.9 Å². The van der Waals surface area contributed by atoms with Gasteiger partial charge in [0.15, 0.2) is 0 Å². The largest absolute Gasteiger partial charge is 4.00 e. The number of halogens is 1. The fraction of sp³-hybridized carbons (Fsp3) is 0.917. The predicted octanol–water partition coefficient (Wildman–Crippen LogP) is 4.17. The molecule has 0 aliphatic heterocycles. The maximum absolute atomic E-state index is 4.98. The summed E-state index contributed by atoms with van der Waals surface area (Å²) in [4.78, 5) is 5.64. The Labute approximate surface area is 141 Å². The van der Waals surface area contributed by atoms with Crippen molar-refractivity contribution < 1.29 is 30.7 Å². The standard InChI is InChI=1S/C7H13BrNO.2C2H6N.CH3.Hf/c1-9-10-5-6-3-2-4-7(6)8;2*1-3-2;;/h6-7H,2-5H2,1H3;2*1-2H3;1H3;/q4*-1;+4/t6-,7?;;;;/m0..../s1. The average molecular weight is 489 g/mol. The van der Waals surface area contributed by atoms with Crippen molar-refractivity contribution in [2.75, 3.05) is 41.8 Å². The minimum absolute atomic E-state index is 0. The average Bonchev–Trinajstić information content (AvgIpc) is 2.63. The molecule has 0 bridgehead atoms. The van der Waals surface area contributed by atoms with Gasteiger partial charge in [-0.3, -0.25) is 0 Å². The van der Waals surface area contributed by atoms with Crippen LogP contribution in [-0.2, 0) is 30.7 Å². The van der Waals surface area contributed by atoms with Gasteiger partial charge in [-0.05, 0) is 18.8 Å². The minimum Gasteiger partial charge on any atom is -0.668 e. The van der Waals surface area contributed by atoms with Gasteiger partial charge in [0.05, 0.1) is 0 Å². The molecule has 0 heterocycles. The van der Waals surface area contributed by atoms with Crippen LogP contribution in [0, 0.1) is 13.3 Å². The second-order valence-corrected chi connectivity index (χ2v) is 4.76. The molecule has 2 atom stereocenters. The van der Waals surface area contributed by atoms with Crippen molar-refractivity contribution in [1.29, 1.82) is 0 Å². The number of nitrogens with zero attached hydrogens (tertiary/aromatic N) is 3. The molecule has 6 heteroatoms. The maximum Gasteiger partial charge on any atom is 4.00 e. The molecule has 0 radical (unpaired) electrons. The van der Waals surface area contributed by atoms with E-state index in [4.69, 9.17) is 4.84 Å². The molecule has 1 aliphatic carbocycles. The molecule has 4 nitrogen and oxygen atoms in total. The molecular formula is C12H28BrHfN3O. The SMILES string of the molecule is C[N-]C.C[N-]C.C[N-]OC[C@@H]1CCCC1Br.[CH3-].[Hf+4]. The van der Waals surface area contributed by atoms with Gasteiger partial charge in [0.25, 0.3) is 0 Å². The molecule has 0 spiro atoms. The van der Waals surface area contributed by atoms with E-state index in [-0.39, 0.29) is 33.3 Å². The Kier molecular flexibility index (Phi) is 35.6. The normalized spacial score (nSPS) is 20.3. The third-order valence-electron chi connectivity index (χ3n) is 1.98. The van der Waals surface area contributed by atoms with Crippen LogP contribution in [0.2, 0.25) is 0 Å². The Morgan fingerprint density at radius 1 is 1.06 bits per heavy atom. The van der Waals surface area contributed by atoms with Crippen LogP contribution in [0.5, 0.6) is 0 Å². The number of hydrogen-bond acceptors (Lipinski definition) is 1. The van der Waals surface area contributed by atoms with E-state index in [2.05, 4.69) is 32.0 Å². The van der Waals surface area contributed by atoms with Crippen LogP contribution < -0.4 is 0 Å². The first-order valence-electron chi connectivity index (χ1n) is 5.48. The van der Waals surface area contributed by atoms with Gasteiger partial charge in [-0.2, -0.15) is 28.2 Å². The van der Waals surface area contributed by atoms with Crippen LogP contribution in [0.15, 0.2) is 0 Å². The molecule has 108 valence electrons. The zero-order chi connectivity index (χ0) is 12.8. The van der Waals surface area contributed by atoms with Gasteiger partial charge >= 0.3 is 25.8 Å². The van der Waals surface area contributed by atoms with Crippen molar-refractivity contribution in [2.45, 2.75) is 24.1 Å². The smallest absolute Gasteiger partial charge is 0.668 e. The van der Waals surface area contributed by atoms with E-state index in [0.717, 1.165) is 6.61 Å². The number of rotatable bonds is 3. The second kappa shape index (κ2) is 23.3. The van der Waals surface area contributed by atoms with Crippen LogP contribution in [0.3, 0.4) is 0 Å². The first-order chi connectivity index (χ1) is 7.67. The van der Waals surface area contributed by atoms with Gasteiger partial charge in [0.2, 0.25) is 0 Å². The van der Waals surface area contributed by atoms with E-state index >= 15 is 0 Å². The molecule has 18 heavy (non-hydrogen) atoms. The zero-order valence-electron chi connectivity index (χ0n) is 12.6. The van der Waals surface area contributed by atoms with Crippen LogP contribution in [0.1, 0.15) is 19.3 Å². The summed E-state index contributed by atoms with van der Waals surface area (Å²) >= 11 is 3.61. The van der Waals surface area contributed by atoms with Gasteiger partial charge in [0, 0.05) is 11.4 Å². The van der Waals surface area contributed by atoms with Gasteiger partial charge in [0.1, 0.15) is 0 Å². The summed E-state index contributed by atoms with van der Waals surface area (Å²) in [5, 5.41) is 7.00. The zero-order valence-corrected chi connectivity index (χ0v) is 17.8. The van der Waals surface area contributed by atoms with Gasteiger partial charge in [-0.25, -0.2) is 0 Å². The fourth-order valence-electron chi connectivity index (χ4n) is 1.35. The molecule has 0 aromatic carbocycles. The van der Waals surface area contributed by atoms with E-state index < -0.39 is 0 Å². The quantitative estimate of drug-likeness (QED) is 0.255. The Morgan fingerprint density at radius 2 is 1.50 bits per heavy atom. The van der Waals surface area contributed by atoms with Crippen molar-refractivity contribution in [2.24, 2.45) is 5.92 Å². The summed E-state index contributed by atoms with van der Waals surface area (Å²) in [6.07, 6.45) is 3.90. The van der Waals surface area contributed by atoms with E-state index in [1.54, 1.807) is 35.2 Å². The second-order valence-electron chi connectivity index (χ2n) is 3.58. The molecule has 0 saturated heterocycles. The first kappa shape index (κ1) is 27.5. The Balaban J connectivity index is -0.000000106. The summed E-state index contributed by atoms with van der Waals surface area (Å²) in [5.41, 5.74) is 3.61. The predicted molar refractivity (Wildman–Crippen MR) is 82.1 cm³/mol. The number of hydroxylamine groups is 1. The summed E-state index contributed by atoms with van der Waals surface area (Å²) in [7, 11) is 8.68. The first-order valence-corrected chi connectivity index (χ1v) is 6.40. The molecule has 0 N–H and O–H groups in total. The van der Waals surface area contributed by atoms with Crippen molar-refractivity contribution in [1.82, 2.24) is 0 Å². The van der Waals surface area contributed by atoms with Crippen molar-refractivity contribution >= 4 is 15.9 Å². The van der Waals surface area contributed by atoms with Crippen LogP contribution in [0.25, 0.3) is 16.1 Å². The Bertz CT molecular complexity index is 132. The minimum atomic E-state index is 0. The van der Waals surface area contributed by atoms with Gasteiger partial charge < -0.3 is 28.4 Å². The molecule has 0 amide bonds. The summed E-state index contributed by atoms with van der Waals surface area (Å²) < 4.78 is 0. The molecule has 1 fully saturated rings. The van der Waals surface area contributed by atoms with E-state index in [1.807, 2.05) is 0 Å². The molecule has 0 aromatic rings. The topological polar surface area (TPSA) is 51.5 Å². The number of hydrogen-bond donors (Lipinski definition) is 0.